The van der Waals surface area contributed by atoms with E-state index in [1.807, 2.05) is 91.9 Å². The number of urea groups is 1. The number of nitrogens with one attached hydrogen (secondary N) is 3. The molecule has 0 radical (unpaired) electrons. The first-order chi connectivity index (χ1) is 22.0. The molecule has 9 heteroatoms. The van der Waals surface area contributed by atoms with Gasteiger partial charge in [0, 0.05) is 30.3 Å². The largest absolute Gasteiger partial charge is 0.455 e. The van der Waals surface area contributed by atoms with Gasteiger partial charge in [-0.1, -0.05) is 79.7 Å². The number of para-hydroxylation sites is 4. The summed E-state index contributed by atoms with van der Waals surface area (Å²) in [6.07, 6.45) is 0.784. The fraction of sp³-hybridized carbons (Fsp3) is 0.270. The Morgan fingerprint density at radius 1 is 0.913 bits per heavy atom. The van der Waals surface area contributed by atoms with Gasteiger partial charge in [-0.15, -0.1) is 0 Å². The Kier molecular flexibility index (Phi) is 9.72. The summed E-state index contributed by atoms with van der Waals surface area (Å²) in [5, 5.41) is 8.34. The predicted octanol–water partition coefficient (Wildman–Crippen LogP) is 6.23. The Hall–Kier alpha value is -5.15. The molecule has 0 spiro atoms. The molecule has 0 fully saturated rings. The maximum Gasteiger partial charge on any atom is 0.319 e. The molecule has 0 bridgehead atoms. The normalized spacial score (nSPS) is 16.2. The first-order valence-corrected chi connectivity index (χ1v) is 15.4. The summed E-state index contributed by atoms with van der Waals surface area (Å²) in [6.45, 7) is 5.93. The van der Waals surface area contributed by atoms with Gasteiger partial charge in [-0.2, -0.15) is 0 Å². The van der Waals surface area contributed by atoms with Crippen LogP contribution in [-0.2, 0) is 22.6 Å². The van der Waals surface area contributed by atoms with E-state index in [1.165, 1.54) is 0 Å². The van der Waals surface area contributed by atoms with Crippen LogP contribution in [-0.4, -0.2) is 36.5 Å². The monoisotopic (exact) mass is 619 g/mol. The second-order valence-electron chi connectivity index (χ2n) is 12.4. The Bertz CT molecular complexity index is 1710. The fourth-order valence-corrected chi connectivity index (χ4v) is 5.68. The Morgan fingerprint density at radius 3 is 2.28 bits per heavy atom. The third kappa shape index (κ3) is 7.73. The molecule has 2 unspecified atom stereocenters. The van der Waals surface area contributed by atoms with Crippen LogP contribution in [0.2, 0.25) is 0 Å². The number of benzene rings is 4. The lowest BCUT2D eigenvalue weighted by molar-refractivity contribution is -0.129. The van der Waals surface area contributed by atoms with Crippen LogP contribution in [0.3, 0.4) is 0 Å². The topological polar surface area (TPSA) is 126 Å². The Morgan fingerprint density at radius 2 is 1.57 bits per heavy atom. The molecule has 5 rings (SSSR count). The molecule has 5 N–H and O–H groups in total. The van der Waals surface area contributed by atoms with E-state index in [0.717, 1.165) is 27.9 Å². The molecule has 0 saturated heterocycles. The average Bonchev–Trinajstić information content (AvgIpc) is 3.12. The van der Waals surface area contributed by atoms with Crippen molar-refractivity contribution in [1.82, 2.24) is 10.6 Å². The molecular weight excluding hydrogens is 578 g/mol. The zero-order chi connectivity index (χ0) is 32.8. The van der Waals surface area contributed by atoms with Crippen LogP contribution < -0.4 is 31.3 Å². The standard InChI is InChI=1S/C37H41N5O4/c1-24-21-27-11-5-8-14-30(27)42(35(44)34(24)41-33(43)22-37(2,3)38)23-25-17-19-26(20-18-25)28-12-6-9-15-31(28)46-32-16-10-7-13-29(32)40-36(45)39-4/h5-20,24,34H,21-23,38H2,1-4H3,(H,41,43)(H2,39,40,45). The van der Waals surface area contributed by atoms with Crippen molar-refractivity contribution in [2.75, 3.05) is 17.3 Å². The maximum atomic E-state index is 14.1. The fourth-order valence-electron chi connectivity index (χ4n) is 5.68. The van der Waals surface area contributed by atoms with E-state index in [4.69, 9.17) is 10.5 Å². The number of hydrogen-bond donors (Lipinski definition) is 4. The Balaban J connectivity index is 1.39. The highest BCUT2D eigenvalue weighted by atomic mass is 16.5. The van der Waals surface area contributed by atoms with Gasteiger partial charge in [-0.05, 0) is 67.1 Å². The van der Waals surface area contributed by atoms with Gasteiger partial charge < -0.3 is 31.3 Å². The number of anilines is 2. The summed E-state index contributed by atoms with van der Waals surface area (Å²) in [5.74, 6) is 0.665. The smallest absolute Gasteiger partial charge is 0.319 e. The van der Waals surface area contributed by atoms with Crippen molar-refractivity contribution in [2.24, 2.45) is 11.7 Å². The summed E-state index contributed by atoms with van der Waals surface area (Å²) < 4.78 is 6.31. The van der Waals surface area contributed by atoms with E-state index < -0.39 is 11.6 Å². The lowest BCUT2D eigenvalue weighted by atomic mass is 9.94. The van der Waals surface area contributed by atoms with Crippen molar-refractivity contribution in [3.8, 4) is 22.6 Å². The van der Waals surface area contributed by atoms with Crippen LogP contribution in [0.15, 0.2) is 97.1 Å². The zero-order valence-corrected chi connectivity index (χ0v) is 26.7. The third-order valence-electron chi connectivity index (χ3n) is 7.93. The van der Waals surface area contributed by atoms with Crippen molar-refractivity contribution in [2.45, 2.75) is 51.7 Å². The lowest BCUT2D eigenvalue weighted by Crippen LogP contribution is -2.52. The molecule has 46 heavy (non-hydrogen) atoms. The van der Waals surface area contributed by atoms with E-state index in [-0.39, 0.29) is 30.2 Å². The van der Waals surface area contributed by atoms with Gasteiger partial charge in [0.15, 0.2) is 5.75 Å². The number of carbonyl (C=O) groups excluding carboxylic acids is 3. The molecule has 4 amide bonds. The summed E-state index contributed by atoms with van der Waals surface area (Å²) >= 11 is 0. The number of rotatable bonds is 9. The van der Waals surface area contributed by atoms with E-state index in [1.54, 1.807) is 37.9 Å². The van der Waals surface area contributed by atoms with Gasteiger partial charge in [-0.25, -0.2) is 4.79 Å². The quantitative estimate of drug-likeness (QED) is 0.177. The summed E-state index contributed by atoms with van der Waals surface area (Å²) in [7, 11) is 1.56. The van der Waals surface area contributed by atoms with Crippen molar-refractivity contribution >= 4 is 29.2 Å². The van der Waals surface area contributed by atoms with Gasteiger partial charge >= 0.3 is 6.03 Å². The Labute approximate surface area is 270 Å². The van der Waals surface area contributed by atoms with Crippen molar-refractivity contribution < 1.29 is 19.1 Å². The first kappa shape index (κ1) is 32.2. The molecule has 1 heterocycles. The van der Waals surface area contributed by atoms with Crippen molar-refractivity contribution in [1.29, 1.82) is 0 Å². The van der Waals surface area contributed by atoms with Gasteiger partial charge in [0.25, 0.3) is 0 Å². The highest BCUT2D eigenvalue weighted by Crippen LogP contribution is 2.37. The number of carbonyl (C=O) groups is 3. The van der Waals surface area contributed by atoms with Crippen LogP contribution in [0.25, 0.3) is 11.1 Å². The lowest BCUT2D eigenvalue weighted by Gasteiger charge is -2.29. The molecular formula is C37H41N5O4. The molecule has 1 aliphatic heterocycles. The summed E-state index contributed by atoms with van der Waals surface area (Å²) in [5.41, 5.74) is 10.6. The van der Waals surface area contributed by atoms with Gasteiger partial charge in [0.05, 0.1) is 12.2 Å². The summed E-state index contributed by atoms with van der Waals surface area (Å²) in [6, 6.07) is 29.9. The molecule has 4 aromatic carbocycles. The highest BCUT2D eigenvalue weighted by molar-refractivity contribution is 6.00. The molecule has 4 aromatic rings. The number of fused-ring (bicyclic) bond motifs is 1. The minimum absolute atomic E-state index is 0.0981. The van der Waals surface area contributed by atoms with Crippen LogP contribution in [0, 0.1) is 5.92 Å². The van der Waals surface area contributed by atoms with Gasteiger partial charge in [0.2, 0.25) is 11.8 Å². The van der Waals surface area contributed by atoms with Crippen LogP contribution >= 0.6 is 0 Å². The van der Waals surface area contributed by atoms with Gasteiger partial charge in [-0.3, -0.25) is 9.59 Å². The SMILES string of the molecule is CNC(=O)Nc1ccccc1Oc1ccccc1-c1ccc(CN2C(=O)C(NC(=O)CC(C)(C)N)C(C)Cc3ccccc32)cc1. The molecule has 0 saturated carbocycles. The molecule has 0 aliphatic carbocycles. The number of ether oxygens (including phenoxy) is 1. The summed E-state index contributed by atoms with van der Waals surface area (Å²) in [4.78, 5) is 40.7. The van der Waals surface area contributed by atoms with Crippen LogP contribution in [0.5, 0.6) is 11.5 Å². The minimum atomic E-state index is -0.680. The highest BCUT2D eigenvalue weighted by Gasteiger charge is 2.36. The maximum absolute atomic E-state index is 14.1. The van der Waals surface area contributed by atoms with Crippen LogP contribution in [0.4, 0.5) is 16.2 Å². The molecule has 2 atom stereocenters. The van der Waals surface area contributed by atoms with Gasteiger partial charge in [0.1, 0.15) is 11.8 Å². The van der Waals surface area contributed by atoms with E-state index >= 15 is 0 Å². The zero-order valence-electron chi connectivity index (χ0n) is 26.7. The molecule has 238 valence electrons. The number of nitrogens with two attached hydrogens (primary N) is 1. The minimum Gasteiger partial charge on any atom is -0.455 e. The van der Waals surface area contributed by atoms with Crippen LogP contribution in [0.1, 0.15) is 38.3 Å². The third-order valence-corrected chi connectivity index (χ3v) is 7.93. The molecule has 0 aromatic heterocycles. The predicted molar refractivity (Wildman–Crippen MR) is 182 cm³/mol. The number of amides is 4. The van der Waals surface area contributed by atoms with E-state index in [2.05, 4.69) is 16.0 Å². The second-order valence-corrected chi connectivity index (χ2v) is 12.4. The first-order valence-electron chi connectivity index (χ1n) is 15.4. The second kappa shape index (κ2) is 13.9. The van der Waals surface area contributed by atoms with Crippen molar-refractivity contribution in [3.05, 3.63) is 108 Å². The molecule has 9 nitrogen and oxygen atoms in total. The van der Waals surface area contributed by atoms with E-state index in [0.29, 0.717) is 30.2 Å². The number of nitrogens with zero attached hydrogens (tertiary/aromatic N) is 1. The average molecular weight is 620 g/mol. The number of hydrogen-bond acceptors (Lipinski definition) is 5. The van der Waals surface area contributed by atoms with Crippen molar-refractivity contribution in [3.63, 3.8) is 0 Å². The van der Waals surface area contributed by atoms with E-state index in [9.17, 15) is 14.4 Å². The molecule has 1 aliphatic rings.